The summed E-state index contributed by atoms with van der Waals surface area (Å²) in [4.78, 5) is 10.5. The highest BCUT2D eigenvalue weighted by Crippen LogP contribution is 2.13. The van der Waals surface area contributed by atoms with Crippen LogP contribution in [-0.2, 0) is 14.6 Å². The van der Waals surface area contributed by atoms with Crippen LogP contribution >= 0.6 is 0 Å². The van der Waals surface area contributed by atoms with Crippen LogP contribution in [0.15, 0.2) is 40.6 Å². The van der Waals surface area contributed by atoms with E-state index in [0.29, 0.717) is 0 Å². The molecule has 1 rings (SSSR count). The number of aliphatic carboxylic acids is 1. The van der Waals surface area contributed by atoms with Gasteiger partial charge in [-0.1, -0.05) is 23.8 Å². The number of hydrogen-bond acceptors (Lipinski definition) is 3. The summed E-state index contributed by atoms with van der Waals surface area (Å²) in [6, 6.07) is 6.51. The van der Waals surface area contributed by atoms with E-state index < -0.39 is 15.8 Å². The van der Waals surface area contributed by atoms with Gasteiger partial charge in [-0.3, -0.25) is 4.79 Å². The average molecular weight is 254 g/mol. The van der Waals surface area contributed by atoms with Crippen LogP contribution in [0.4, 0.5) is 0 Å². The predicted molar refractivity (Wildman–Crippen MR) is 64.4 cm³/mol. The summed E-state index contributed by atoms with van der Waals surface area (Å²) in [5.74, 6) is -0.942. The van der Waals surface area contributed by atoms with Gasteiger partial charge in [0, 0.05) is 11.8 Å². The number of carboxylic acid groups (broad SMARTS) is 1. The van der Waals surface area contributed by atoms with Crippen molar-refractivity contribution in [1.29, 1.82) is 0 Å². The minimum Gasteiger partial charge on any atom is -0.481 e. The first-order valence-electron chi connectivity index (χ1n) is 5.12. The number of hydrogen-bond donors (Lipinski definition) is 1. The molecule has 0 aromatic heterocycles. The number of carbonyl (C=O) groups is 1. The maximum Gasteiger partial charge on any atom is 0.303 e. The van der Waals surface area contributed by atoms with Crippen molar-refractivity contribution in [1.82, 2.24) is 0 Å². The van der Waals surface area contributed by atoms with Crippen molar-refractivity contribution in [2.75, 3.05) is 0 Å². The molecule has 0 aliphatic heterocycles. The Morgan fingerprint density at radius 1 is 1.29 bits per heavy atom. The second-order valence-corrected chi connectivity index (χ2v) is 5.50. The molecule has 0 spiro atoms. The van der Waals surface area contributed by atoms with E-state index in [2.05, 4.69) is 0 Å². The zero-order chi connectivity index (χ0) is 12.9. The number of aryl methyl sites for hydroxylation is 1. The van der Waals surface area contributed by atoms with Crippen LogP contribution in [0.1, 0.15) is 18.4 Å². The normalized spacial score (nSPS) is 11.8. The third-order valence-electron chi connectivity index (χ3n) is 2.15. The fraction of sp³-hybridized carbons (Fsp3) is 0.250. The van der Waals surface area contributed by atoms with E-state index in [0.717, 1.165) is 11.0 Å². The molecule has 0 atom stereocenters. The zero-order valence-corrected chi connectivity index (χ0v) is 10.3. The molecule has 1 N–H and O–H groups in total. The Hall–Kier alpha value is -1.62. The molecule has 0 aliphatic rings. The second-order valence-electron chi connectivity index (χ2n) is 3.66. The van der Waals surface area contributed by atoms with E-state index in [1.807, 2.05) is 6.92 Å². The first-order chi connectivity index (χ1) is 7.92. The first kappa shape index (κ1) is 13.4. The van der Waals surface area contributed by atoms with Gasteiger partial charge in [0.05, 0.1) is 4.90 Å². The summed E-state index contributed by atoms with van der Waals surface area (Å²) in [5.41, 5.74) is 0.985. The molecular formula is C12H14O4S. The molecule has 0 radical (unpaired) electrons. The predicted octanol–water partition coefficient (Wildman–Crippen LogP) is 2.15. The molecule has 0 fully saturated rings. The smallest absolute Gasteiger partial charge is 0.303 e. The quantitative estimate of drug-likeness (QED) is 0.873. The molecule has 5 heteroatoms. The molecule has 0 heterocycles. The van der Waals surface area contributed by atoms with Crippen LogP contribution in [0, 0.1) is 6.92 Å². The summed E-state index contributed by atoms with van der Waals surface area (Å²) in [6.07, 6.45) is 1.50. The third kappa shape index (κ3) is 4.40. The van der Waals surface area contributed by atoms with Gasteiger partial charge in [-0.15, -0.1) is 0 Å². The Kier molecular flexibility index (Phi) is 4.45. The summed E-state index contributed by atoms with van der Waals surface area (Å²) in [7, 11) is -3.45. The van der Waals surface area contributed by atoms with Gasteiger partial charge in [0.15, 0.2) is 9.84 Å². The molecule has 1 aromatic carbocycles. The lowest BCUT2D eigenvalue weighted by Crippen LogP contribution is -1.97. The largest absolute Gasteiger partial charge is 0.481 e. The molecule has 1 aromatic rings. The summed E-state index contributed by atoms with van der Waals surface area (Å²) in [5, 5.41) is 9.46. The summed E-state index contributed by atoms with van der Waals surface area (Å²) in [6.45, 7) is 1.87. The van der Waals surface area contributed by atoms with E-state index in [4.69, 9.17) is 5.11 Å². The van der Waals surface area contributed by atoms with Crippen molar-refractivity contribution in [3.8, 4) is 0 Å². The van der Waals surface area contributed by atoms with Gasteiger partial charge in [-0.2, -0.15) is 0 Å². The van der Waals surface area contributed by atoms with E-state index in [9.17, 15) is 13.2 Å². The third-order valence-corrected chi connectivity index (χ3v) is 3.63. The van der Waals surface area contributed by atoms with Gasteiger partial charge < -0.3 is 5.11 Å². The standard InChI is InChI=1S/C12H14O4S/c1-10-5-7-11(8-6-10)17(15,16)9-3-2-4-12(13)14/h3,5-9H,2,4H2,1H3,(H,13,14)/b9-3+. The zero-order valence-electron chi connectivity index (χ0n) is 9.46. The van der Waals surface area contributed by atoms with Crippen molar-refractivity contribution in [3.05, 3.63) is 41.3 Å². The number of carboxylic acids is 1. The van der Waals surface area contributed by atoms with Gasteiger partial charge in [0.25, 0.3) is 0 Å². The topological polar surface area (TPSA) is 71.4 Å². The molecule has 17 heavy (non-hydrogen) atoms. The molecule has 4 nitrogen and oxygen atoms in total. The molecule has 0 saturated heterocycles. The summed E-state index contributed by atoms with van der Waals surface area (Å²) >= 11 is 0. The number of rotatable bonds is 5. The lowest BCUT2D eigenvalue weighted by Gasteiger charge is -1.99. The van der Waals surface area contributed by atoms with Gasteiger partial charge >= 0.3 is 5.97 Å². The number of benzene rings is 1. The fourth-order valence-corrected chi connectivity index (χ4v) is 2.27. The van der Waals surface area contributed by atoms with Crippen LogP contribution in [0.5, 0.6) is 0 Å². The van der Waals surface area contributed by atoms with Crippen molar-refractivity contribution < 1.29 is 18.3 Å². The van der Waals surface area contributed by atoms with Gasteiger partial charge in [-0.25, -0.2) is 8.42 Å². The minimum absolute atomic E-state index is 0.0695. The van der Waals surface area contributed by atoms with E-state index in [1.165, 1.54) is 18.2 Å². The van der Waals surface area contributed by atoms with Crippen molar-refractivity contribution in [2.24, 2.45) is 0 Å². The molecule has 0 aliphatic carbocycles. The van der Waals surface area contributed by atoms with E-state index in [-0.39, 0.29) is 17.7 Å². The molecular weight excluding hydrogens is 240 g/mol. The monoisotopic (exact) mass is 254 g/mol. The molecule has 92 valence electrons. The maximum atomic E-state index is 11.8. The van der Waals surface area contributed by atoms with E-state index >= 15 is 0 Å². The number of allylic oxidation sites excluding steroid dienone is 1. The Morgan fingerprint density at radius 3 is 2.41 bits per heavy atom. The number of sulfone groups is 1. The summed E-state index contributed by atoms with van der Waals surface area (Å²) < 4.78 is 23.5. The molecule has 0 unspecified atom stereocenters. The second kappa shape index (κ2) is 5.63. The minimum atomic E-state index is -3.45. The Balaban J connectivity index is 2.75. The van der Waals surface area contributed by atoms with E-state index in [1.54, 1.807) is 12.1 Å². The van der Waals surface area contributed by atoms with Gasteiger partial charge in [-0.05, 0) is 25.5 Å². The van der Waals surface area contributed by atoms with Crippen LogP contribution in [0.2, 0.25) is 0 Å². The average Bonchev–Trinajstić information content (AvgIpc) is 2.25. The highest BCUT2D eigenvalue weighted by atomic mass is 32.2. The van der Waals surface area contributed by atoms with Crippen molar-refractivity contribution >= 4 is 15.8 Å². The fourth-order valence-electron chi connectivity index (χ4n) is 1.21. The first-order valence-corrected chi connectivity index (χ1v) is 6.66. The van der Waals surface area contributed by atoms with Crippen LogP contribution in [-0.4, -0.2) is 19.5 Å². The van der Waals surface area contributed by atoms with Gasteiger partial charge in [0.2, 0.25) is 0 Å². The van der Waals surface area contributed by atoms with Crippen LogP contribution in [0.3, 0.4) is 0 Å². The lowest BCUT2D eigenvalue weighted by molar-refractivity contribution is -0.136. The van der Waals surface area contributed by atoms with Crippen LogP contribution in [0.25, 0.3) is 0 Å². The Morgan fingerprint density at radius 2 is 1.88 bits per heavy atom. The highest BCUT2D eigenvalue weighted by Gasteiger charge is 2.09. The van der Waals surface area contributed by atoms with Crippen LogP contribution < -0.4 is 0 Å². The Labute approximate surface area is 101 Å². The highest BCUT2D eigenvalue weighted by molar-refractivity contribution is 7.94. The maximum absolute atomic E-state index is 11.8. The SMILES string of the molecule is Cc1ccc(S(=O)(=O)/C=C/CCC(=O)O)cc1. The molecule has 0 saturated carbocycles. The Bertz CT molecular complexity index is 512. The molecule has 0 bridgehead atoms. The van der Waals surface area contributed by atoms with Gasteiger partial charge in [0.1, 0.15) is 0 Å². The molecule has 0 amide bonds. The van der Waals surface area contributed by atoms with Crippen molar-refractivity contribution in [2.45, 2.75) is 24.7 Å². The lowest BCUT2D eigenvalue weighted by atomic mass is 10.2. The van der Waals surface area contributed by atoms with Crippen molar-refractivity contribution in [3.63, 3.8) is 0 Å².